The monoisotopic (exact) mass is 271 g/mol. The van der Waals surface area contributed by atoms with Gasteiger partial charge < -0.3 is 10.5 Å². The van der Waals surface area contributed by atoms with Crippen LogP contribution in [0.2, 0.25) is 0 Å². The van der Waals surface area contributed by atoms with Gasteiger partial charge in [0.2, 0.25) is 0 Å². The number of benzene rings is 1. The van der Waals surface area contributed by atoms with Crippen molar-refractivity contribution in [3.63, 3.8) is 0 Å². The van der Waals surface area contributed by atoms with E-state index in [1.54, 1.807) is 13.3 Å². The van der Waals surface area contributed by atoms with Crippen LogP contribution in [-0.4, -0.2) is 17.1 Å². The number of hydrogen-bond acceptors (Lipinski definition) is 4. The normalized spacial score (nSPS) is 11.4. The number of nitrogens with zero attached hydrogens (tertiary/aromatic N) is 2. The highest BCUT2D eigenvalue weighted by Crippen LogP contribution is 2.31. The van der Waals surface area contributed by atoms with E-state index < -0.39 is 0 Å². The molecular weight excluding hydrogens is 250 g/mol. The van der Waals surface area contributed by atoms with Crippen LogP contribution >= 0.6 is 0 Å². The van der Waals surface area contributed by atoms with Crippen LogP contribution in [0.5, 0.6) is 5.75 Å². The Labute approximate surface area is 120 Å². The minimum absolute atomic E-state index is 0.211. The van der Waals surface area contributed by atoms with E-state index in [-0.39, 0.29) is 5.41 Å². The van der Waals surface area contributed by atoms with Gasteiger partial charge in [0.05, 0.1) is 13.3 Å². The van der Waals surface area contributed by atoms with E-state index in [1.807, 2.05) is 12.1 Å². The van der Waals surface area contributed by atoms with Gasteiger partial charge in [0, 0.05) is 11.3 Å². The molecule has 106 valence electrons. The zero-order valence-electron chi connectivity index (χ0n) is 12.5. The molecule has 1 heterocycles. The van der Waals surface area contributed by atoms with Gasteiger partial charge in [-0.3, -0.25) is 0 Å². The standard InChI is InChI=1S/C16H21N3O/c1-16(2,3)8-12-6-5-11(7-13(12)17)15-14(20-4)9-18-10-19-15/h5-7,9-10H,8,17H2,1-4H3. The smallest absolute Gasteiger partial charge is 0.163 e. The first-order valence-electron chi connectivity index (χ1n) is 6.63. The molecule has 1 aromatic carbocycles. The summed E-state index contributed by atoms with van der Waals surface area (Å²) in [4.78, 5) is 8.24. The molecule has 0 saturated heterocycles. The van der Waals surface area contributed by atoms with Gasteiger partial charge in [-0.2, -0.15) is 0 Å². The summed E-state index contributed by atoms with van der Waals surface area (Å²) in [5, 5.41) is 0. The van der Waals surface area contributed by atoms with Gasteiger partial charge in [-0.05, 0) is 23.5 Å². The maximum atomic E-state index is 6.17. The molecule has 20 heavy (non-hydrogen) atoms. The van der Waals surface area contributed by atoms with Crippen LogP contribution in [0.4, 0.5) is 5.69 Å². The molecule has 1 aromatic heterocycles. The Morgan fingerprint density at radius 3 is 2.60 bits per heavy atom. The maximum absolute atomic E-state index is 6.17. The van der Waals surface area contributed by atoms with E-state index in [2.05, 4.69) is 36.8 Å². The zero-order valence-corrected chi connectivity index (χ0v) is 12.5. The molecule has 0 unspecified atom stereocenters. The lowest BCUT2D eigenvalue weighted by molar-refractivity contribution is 0.411. The number of methoxy groups -OCH3 is 1. The Kier molecular flexibility index (Phi) is 3.93. The van der Waals surface area contributed by atoms with E-state index in [1.165, 1.54) is 6.33 Å². The maximum Gasteiger partial charge on any atom is 0.163 e. The number of hydrogen-bond donors (Lipinski definition) is 1. The number of anilines is 1. The van der Waals surface area contributed by atoms with Gasteiger partial charge in [-0.25, -0.2) is 9.97 Å². The molecule has 0 amide bonds. The van der Waals surface area contributed by atoms with Gasteiger partial charge in [0.15, 0.2) is 5.75 Å². The summed E-state index contributed by atoms with van der Waals surface area (Å²) in [6.45, 7) is 6.61. The molecule has 2 N–H and O–H groups in total. The second kappa shape index (κ2) is 5.49. The molecule has 0 fully saturated rings. The van der Waals surface area contributed by atoms with Crippen LogP contribution in [0.3, 0.4) is 0 Å². The molecule has 0 aliphatic rings. The van der Waals surface area contributed by atoms with E-state index >= 15 is 0 Å². The predicted octanol–water partition coefficient (Wildman–Crippen LogP) is 3.32. The van der Waals surface area contributed by atoms with Crippen LogP contribution in [0.25, 0.3) is 11.3 Å². The first-order chi connectivity index (χ1) is 9.40. The van der Waals surface area contributed by atoms with Crippen molar-refractivity contribution < 1.29 is 4.74 Å². The Balaban J connectivity index is 2.38. The largest absolute Gasteiger partial charge is 0.493 e. The van der Waals surface area contributed by atoms with E-state index in [4.69, 9.17) is 10.5 Å². The summed E-state index contributed by atoms with van der Waals surface area (Å²) in [5.74, 6) is 0.649. The Morgan fingerprint density at radius 2 is 2.00 bits per heavy atom. The number of ether oxygens (including phenoxy) is 1. The quantitative estimate of drug-likeness (QED) is 0.870. The SMILES string of the molecule is COc1cncnc1-c1ccc(CC(C)(C)C)c(N)c1. The van der Waals surface area contributed by atoms with Crippen LogP contribution in [0.15, 0.2) is 30.7 Å². The number of nitrogens with two attached hydrogens (primary N) is 1. The third-order valence-electron chi connectivity index (χ3n) is 3.04. The van der Waals surface area contributed by atoms with Gasteiger partial charge in [0.1, 0.15) is 12.0 Å². The van der Waals surface area contributed by atoms with Gasteiger partial charge in [0.25, 0.3) is 0 Å². The molecule has 0 aliphatic heterocycles. The average Bonchev–Trinajstić information content (AvgIpc) is 2.39. The lowest BCUT2D eigenvalue weighted by Crippen LogP contribution is -2.10. The molecule has 4 nitrogen and oxygen atoms in total. The van der Waals surface area contributed by atoms with E-state index in [0.717, 1.165) is 28.9 Å². The summed E-state index contributed by atoms with van der Waals surface area (Å²) in [7, 11) is 1.61. The summed E-state index contributed by atoms with van der Waals surface area (Å²) in [6, 6.07) is 6.05. The van der Waals surface area contributed by atoms with Crippen molar-refractivity contribution >= 4 is 5.69 Å². The molecule has 0 spiro atoms. The van der Waals surface area contributed by atoms with Crippen molar-refractivity contribution in [2.24, 2.45) is 5.41 Å². The predicted molar refractivity (Wildman–Crippen MR) is 81.6 cm³/mol. The van der Waals surface area contributed by atoms with Crippen molar-refractivity contribution in [3.8, 4) is 17.0 Å². The number of aromatic nitrogens is 2. The van der Waals surface area contributed by atoms with E-state index in [0.29, 0.717) is 5.75 Å². The second-order valence-electron chi connectivity index (χ2n) is 6.09. The van der Waals surface area contributed by atoms with Crippen LogP contribution in [0.1, 0.15) is 26.3 Å². The molecule has 2 aromatic rings. The lowest BCUT2D eigenvalue weighted by Gasteiger charge is -2.19. The van der Waals surface area contributed by atoms with Crippen molar-refractivity contribution in [1.29, 1.82) is 0 Å². The van der Waals surface area contributed by atoms with Crippen molar-refractivity contribution in [1.82, 2.24) is 9.97 Å². The fourth-order valence-corrected chi connectivity index (χ4v) is 2.16. The topological polar surface area (TPSA) is 61.0 Å². The van der Waals surface area contributed by atoms with Crippen molar-refractivity contribution in [2.45, 2.75) is 27.2 Å². The summed E-state index contributed by atoms with van der Waals surface area (Å²) in [6.07, 6.45) is 4.11. The average molecular weight is 271 g/mol. The molecule has 0 radical (unpaired) electrons. The van der Waals surface area contributed by atoms with Crippen molar-refractivity contribution in [3.05, 3.63) is 36.3 Å². The molecule has 0 aliphatic carbocycles. The number of rotatable bonds is 3. The first-order valence-corrected chi connectivity index (χ1v) is 6.63. The Morgan fingerprint density at radius 1 is 1.25 bits per heavy atom. The molecule has 0 bridgehead atoms. The van der Waals surface area contributed by atoms with Crippen LogP contribution in [-0.2, 0) is 6.42 Å². The minimum atomic E-state index is 0.211. The summed E-state index contributed by atoms with van der Waals surface area (Å²) < 4.78 is 5.28. The third kappa shape index (κ3) is 3.26. The first kappa shape index (κ1) is 14.3. The third-order valence-corrected chi connectivity index (χ3v) is 3.04. The van der Waals surface area contributed by atoms with Gasteiger partial charge >= 0.3 is 0 Å². The van der Waals surface area contributed by atoms with Gasteiger partial charge in [-0.1, -0.05) is 32.9 Å². The fraction of sp³-hybridized carbons (Fsp3) is 0.375. The number of nitrogen functional groups attached to an aromatic ring is 1. The van der Waals surface area contributed by atoms with Crippen molar-refractivity contribution in [2.75, 3.05) is 12.8 Å². The highest BCUT2D eigenvalue weighted by atomic mass is 16.5. The molecule has 0 saturated carbocycles. The highest BCUT2D eigenvalue weighted by molar-refractivity contribution is 5.70. The van der Waals surface area contributed by atoms with Crippen LogP contribution in [0, 0.1) is 5.41 Å². The molecule has 4 heteroatoms. The van der Waals surface area contributed by atoms with Crippen LogP contribution < -0.4 is 10.5 Å². The highest BCUT2D eigenvalue weighted by Gasteiger charge is 2.15. The lowest BCUT2D eigenvalue weighted by atomic mass is 9.87. The summed E-state index contributed by atoms with van der Waals surface area (Å²) >= 11 is 0. The summed E-state index contributed by atoms with van der Waals surface area (Å²) in [5.41, 5.74) is 10.0. The zero-order chi connectivity index (χ0) is 14.8. The minimum Gasteiger partial charge on any atom is -0.493 e. The molecule has 2 rings (SSSR count). The molecular formula is C16H21N3O. The van der Waals surface area contributed by atoms with Gasteiger partial charge in [-0.15, -0.1) is 0 Å². The fourth-order valence-electron chi connectivity index (χ4n) is 2.16. The second-order valence-corrected chi connectivity index (χ2v) is 6.09. The Hall–Kier alpha value is -2.10. The molecule has 0 atom stereocenters. The Bertz CT molecular complexity index is 603. The van der Waals surface area contributed by atoms with E-state index in [9.17, 15) is 0 Å².